The molecule has 6 nitrogen and oxygen atoms in total. The first kappa shape index (κ1) is 17.3. The number of H-pyrrole nitrogens is 1. The number of carbonyl (C=O) groups is 2. The van der Waals surface area contributed by atoms with Crippen LogP contribution in [-0.2, 0) is 4.79 Å². The molecule has 0 radical (unpaired) electrons. The highest BCUT2D eigenvalue weighted by Gasteiger charge is 2.29. The van der Waals surface area contributed by atoms with E-state index in [1.54, 1.807) is 4.90 Å². The molecule has 6 heteroatoms. The van der Waals surface area contributed by atoms with E-state index in [4.69, 9.17) is 0 Å². The van der Waals surface area contributed by atoms with Crippen molar-refractivity contribution in [2.75, 3.05) is 18.4 Å². The number of nitrogens with one attached hydrogen (secondary N) is 2. The zero-order valence-corrected chi connectivity index (χ0v) is 15.2. The molecule has 1 fully saturated rings. The fourth-order valence-electron chi connectivity index (χ4n) is 3.57. The molecular formula is C21H22N4O2. The Kier molecular flexibility index (Phi) is 4.62. The molecule has 1 saturated heterocycles. The summed E-state index contributed by atoms with van der Waals surface area (Å²) < 4.78 is 0. The van der Waals surface area contributed by atoms with E-state index >= 15 is 0 Å². The number of anilines is 1. The van der Waals surface area contributed by atoms with Gasteiger partial charge in [0.15, 0.2) is 5.69 Å². The van der Waals surface area contributed by atoms with Crippen LogP contribution in [0.15, 0.2) is 48.5 Å². The second-order valence-electron chi connectivity index (χ2n) is 6.99. The van der Waals surface area contributed by atoms with Crippen LogP contribution in [0.25, 0.3) is 10.9 Å². The van der Waals surface area contributed by atoms with E-state index in [9.17, 15) is 9.59 Å². The number of amides is 2. The number of fused-ring (bicyclic) bond motifs is 1. The minimum atomic E-state index is -0.0791. The Balaban J connectivity index is 1.39. The molecule has 4 rings (SSSR count). The summed E-state index contributed by atoms with van der Waals surface area (Å²) in [6.07, 6.45) is 1.32. The van der Waals surface area contributed by atoms with E-state index in [1.807, 2.05) is 55.5 Å². The van der Waals surface area contributed by atoms with E-state index in [-0.39, 0.29) is 17.7 Å². The Morgan fingerprint density at radius 2 is 1.78 bits per heavy atom. The second-order valence-corrected chi connectivity index (χ2v) is 6.99. The van der Waals surface area contributed by atoms with Gasteiger partial charge in [0, 0.05) is 30.1 Å². The number of benzene rings is 2. The minimum absolute atomic E-state index is 0.0293. The van der Waals surface area contributed by atoms with Crippen LogP contribution in [0.1, 0.15) is 28.9 Å². The van der Waals surface area contributed by atoms with E-state index in [2.05, 4.69) is 15.5 Å². The van der Waals surface area contributed by atoms with Gasteiger partial charge in [-0.15, -0.1) is 0 Å². The van der Waals surface area contributed by atoms with Crippen molar-refractivity contribution in [3.63, 3.8) is 0 Å². The van der Waals surface area contributed by atoms with Crippen LogP contribution in [0, 0.1) is 12.8 Å². The zero-order valence-electron chi connectivity index (χ0n) is 15.2. The van der Waals surface area contributed by atoms with E-state index < -0.39 is 0 Å². The second kappa shape index (κ2) is 7.23. The summed E-state index contributed by atoms with van der Waals surface area (Å²) >= 11 is 0. The lowest BCUT2D eigenvalue weighted by Gasteiger charge is -2.31. The third kappa shape index (κ3) is 3.43. The normalized spacial score (nSPS) is 15.1. The number of hydrogen-bond acceptors (Lipinski definition) is 3. The highest BCUT2D eigenvalue weighted by atomic mass is 16.2. The first-order chi connectivity index (χ1) is 13.1. The monoisotopic (exact) mass is 362 g/mol. The van der Waals surface area contributed by atoms with Crippen molar-refractivity contribution >= 4 is 28.4 Å². The Bertz CT molecular complexity index is 987. The summed E-state index contributed by atoms with van der Waals surface area (Å²) in [5, 5.41) is 11.0. The molecule has 0 aliphatic carbocycles. The van der Waals surface area contributed by atoms with Crippen LogP contribution < -0.4 is 5.32 Å². The number of aromatic nitrogens is 2. The largest absolute Gasteiger partial charge is 0.337 e. The van der Waals surface area contributed by atoms with Crippen molar-refractivity contribution in [2.45, 2.75) is 19.8 Å². The Labute approximate surface area is 157 Å². The first-order valence-corrected chi connectivity index (χ1v) is 9.22. The summed E-state index contributed by atoms with van der Waals surface area (Å²) in [7, 11) is 0. The van der Waals surface area contributed by atoms with Gasteiger partial charge in [0.05, 0.1) is 5.52 Å². The average Bonchev–Trinajstić information content (AvgIpc) is 3.13. The fourth-order valence-corrected chi connectivity index (χ4v) is 3.57. The number of piperidine rings is 1. The number of aromatic amines is 1. The predicted octanol–water partition coefficient (Wildman–Crippen LogP) is 3.36. The van der Waals surface area contributed by atoms with Gasteiger partial charge in [-0.25, -0.2) is 0 Å². The van der Waals surface area contributed by atoms with Gasteiger partial charge in [-0.2, -0.15) is 5.10 Å². The van der Waals surface area contributed by atoms with Crippen LogP contribution in [-0.4, -0.2) is 40.0 Å². The van der Waals surface area contributed by atoms with Crippen LogP contribution >= 0.6 is 0 Å². The number of rotatable bonds is 3. The Morgan fingerprint density at radius 3 is 2.56 bits per heavy atom. The molecule has 0 unspecified atom stereocenters. The number of para-hydroxylation sites is 2. The van der Waals surface area contributed by atoms with Gasteiger partial charge >= 0.3 is 0 Å². The maximum absolute atomic E-state index is 12.8. The van der Waals surface area contributed by atoms with Gasteiger partial charge in [-0.1, -0.05) is 36.4 Å². The molecule has 2 aromatic carbocycles. The van der Waals surface area contributed by atoms with Gasteiger partial charge in [-0.05, 0) is 37.5 Å². The smallest absolute Gasteiger partial charge is 0.274 e. The molecule has 1 aliphatic rings. The highest BCUT2D eigenvalue weighted by Crippen LogP contribution is 2.23. The predicted molar refractivity (Wildman–Crippen MR) is 105 cm³/mol. The molecule has 0 bridgehead atoms. The van der Waals surface area contributed by atoms with Crippen molar-refractivity contribution in [1.29, 1.82) is 0 Å². The molecule has 2 heterocycles. The summed E-state index contributed by atoms with van der Waals surface area (Å²) in [6, 6.07) is 15.4. The lowest BCUT2D eigenvalue weighted by Crippen LogP contribution is -2.41. The van der Waals surface area contributed by atoms with Gasteiger partial charge in [0.25, 0.3) is 5.91 Å². The molecule has 2 N–H and O–H groups in total. The van der Waals surface area contributed by atoms with Crippen LogP contribution in [0.2, 0.25) is 0 Å². The van der Waals surface area contributed by atoms with E-state index in [1.165, 1.54) is 0 Å². The van der Waals surface area contributed by atoms with Crippen molar-refractivity contribution in [2.24, 2.45) is 5.92 Å². The fraction of sp³-hybridized carbons (Fsp3) is 0.286. The minimum Gasteiger partial charge on any atom is -0.337 e. The number of hydrogen-bond donors (Lipinski definition) is 2. The molecule has 0 atom stereocenters. The average molecular weight is 362 g/mol. The lowest BCUT2D eigenvalue weighted by molar-refractivity contribution is -0.121. The van der Waals surface area contributed by atoms with Crippen LogP contribution in [0.3, 0.4) is 0 Å². The molecule has 138 valence electrons. The standard InChI is InChI=1S/C21H22N4O2/c1-14-6-2-4-8-17(14)22-20(26)15-10-12-25(13-11-15)21(27)19-16-7-3-5-9-18(16)23-24-19/h2-9,15H,10-13H2,1H3,(H,22,26)(H,23,24). The Morgan fingerprint density at radius 1 is 1.07 bits per heavy atom. The zero-order chi connectivity index (χ0) is 18.8. The van der Waals surface area contributed by atoms with E-state index in [0.29, 0.717) is 31.6 Å². The summed E-state index contributed by atoms with van der Waals surface area (Å²) in [4.78, 5) is 27.2. The third-order valence-corrected chi connectivity index (χ3v) is 5.23. The summed E-state index contributed by atoms with van der Waals surface area (Å²) in [5.74, 6) is -0.128. The number of aryl methyl sites for hydroxylation is 1. The van der Waals surface area contributed by atoms with Gasteiger partial charge < -0.3 is 10.2 Å². The molecule has 27 heavy (non-hydrogen) atoms. The Hall–Kier alpha value is -3.15. The first-order valence-electron chi connectivity index (χ1n) is 9.22. The number of nitrogens with zero attached hydrogens (tertiary/aromatic N) is 2. The number of likely N-dealkylation sites (tertiary alicyclic amines) is 1. The maximum Gasteiger partial charge on any atom is 0.274 e. The SMILES string of the molecule is Cc1ccccc1NC(=O)C1CCN(C(=O)c2n[nH]c3ccccc23)CC1. The molecule has 1 aromatic heterocycles. The summed E-state index contributed by atoms with van der Waals surface area (Å²) in [6.45, 7) is 3.10. The van der Waals surface area contributed by atoms with Crippen molar-refractivity contribution in [3.8, 4) is 0 Å². The highest BCUT2D eigenvalue weighted by molar-refractivity contribution is 6.04. The summed E-state index contributed by atoms with van der Waals surface area (Å²) in [5.41, 5.74) is 3.20. The van der Waals surface area contributed by atoms with Crippen molar-refractivity contribution < 1.29 is 9.59 Å². The van der Waals surface area contributed by atoms with Crippen LogP contribution in [0.4, 0.5) is 5.69 Å². The third-order valence-electron chi connectivity index (χ3n) is 5.23. The number of carbonyl (C=O) groups excluding carboxylic acids is 2. The molecule has 2 amide bonds. The van der Waals surface area contributed by atoms with Gasteiger partial charge in [-0.3, -0.25) is 14.7 Å². The van der Waals surface area contributed by atoms with E-state index in [0.717, 1.165) is 22.2 Å². The van der Waals surface area contributed by atoms with Crippen LogP contribution in [0.5, 0.6) is 0 Å². The lowest BCUT2D eigenvalue weighted by atomic mass is 9.95. The molecule has 1 aliphatic heterocycles. The molecular weight excluding hydrogens is 340 g/mol. The molecule has 0 saturated carbocycles. The quantitative estimate of drug-likeness (QED) is 0.750. The molecule has 3 aromatic rings. The maximum atomic E-state index is 12.8. The van der Waals surface area contributed by atoms with Crippen molar-refractivity contribution in [1.82, 2.24) is 15.1 Å². The molecule has 0 spiro atoms. The van der Waals surface area contributed by atoms with Gasteiger partial charge in [0.1, 0.15) is 0 Å². The van der Waals surface area contributed by atoms with Gasteiger partial charge in [0.2, 0.25) is 5.91 Å². The topological polar surface area (TPSA) is 78.1 Å². The van der Waals surface area contributed by atoms with Crippen molar-refractivity contribution in [3.05, 3.63) is 59.8 Å².